The molecule has 1 atom stereocenters. The third-order valence-electron chi connectivity index (χ3n) is 4.55. The van der Waals surface area contributed by atoms with Crippen LogP contribution < -0.4 is 5.32 Å². The molecule has 0 saturated carbocycles. The molecule has 2 rings (SSSR count). The van der Waals surface area contributed by atoms with E-state index in [1.54, 1.807) is 6.92 Å². The van der Waals surface area contributed by atoms with Crippen LogP contribution in [0.1, 0.15) is 68.7 Å². The largest absolute Gasteiger partial charge is 0.465 e. The molecule has 0 radical (unpaired) electrons. The number of carbonyl (C=O) groups is 2. The highest BCUT2D eigenvalue weighted by molar-refractivity contribution is 6.00. The third-order valence-corrected chi connectivity index (χ3v) is 4.55. The van der Waals surface area contributed by atoms with E-state index < -0.39 is 5.97 Å². The van der Waals surface area contributed by atoms with Gasteiger partial charge in [-0.25, -0.2) is 4.79 Å². The van der Waals surface area contributed by atoms with Gasteiger partial charge in [-0.3, -0.25) is 4.79 Å². The van der Waals surface area contributed by atoms with Crippen LogP contribution in [-0.2, 0) is 11.2 Å². The van der Waals surface area contributed by atoms with Gasteiger partial charge in [0, 0.05) is 5.69 Å². The lowest BCUT2D eigenvalue weighted by Gasteiger charge is -2.17. The summed E-state index contributed by atoms with van der Waals surface area (Å²) in [5, 5.41) is 3.02. The topological polar surface area (TPSA) is 71.2 Å². The Morgan fingerprint density at radius 2 is 1.92 bits per heavy atom. The molecule has 0 aliphatic carbocycles. The number of hydrogen-bond donors (Lipinski definition) is 2. The first-order chi connectivity index (χ1) is 11.8. The van der Waals surface area contributed by atoms with Crippen LogP contribution in [0.15, 0.2) is 18.2 Å². The van der Waals surface area contributed by atoms with Crippen molar-refractivity contribution >= 4 is 11.9 Å². The second kappa shape index (κ2) is 7.55. The monoisotopic (exact) mass is 342 g/mol. The molecule has 2 N–H and O–H groups in total. The molecular weight excluding hydrogens is 316 g/mol. The van der Waals surface area contributed by atoms with Gasteiger partial charge in [0.15, 0.2) is 0 Å². The van der Waals surface area contributed by atoms with Crippen molar-refractivity contribution in [3.05, 3.63) is 57.4 Å². The molecule has 1 heterocycles. The molecule has 0 saturated heterocycles. The Balaban J connectivity index is 2.31. The summed E-state index contributed by atoms with van der Waals surface area (Å²) in [5.41, 5.74) is 5.57. The summed E-state index contributed by atoms with van der Waals surface area (Å²) < 4.78 is 4.84. The Labute approximate surface area is 148 Å². The Hall–Kier alpha value is -2.56. The van der Waals surface area contributed by atoms with E-state index in [-0.39, 0.29) is 11.9 Å². The number of amides is 1. The van der Waals surface area contributed by atoms with E-state index in [4.69, 9.17) is 4.74 Å². The lowest BCUT2D eigenvalue weighted by Crippen LogP contribution is -2.28. The molecule has 0 fully saturated rings. The maximum Gasteiger partial charge on any atom is 0.339 e. The number of methoxy groups -OCH3 is 1. The molecular formula is C20H26N2O3. The van der Waals surface area contributed by atoms with Crippen molar-refractivity contribution in [2.24, 2.45) is 0 Å². The van der Waals surface area contributed by atoms with Gasteiger partial charge in [-0.2, -0.15) is 0 Å². The summed E-state index contributed by atoms with van der Waals surface area (Å²) in [4.78, 5) is 27.8. The number of ether oxygens (including phenoxy) is 1. The molecule has 2 aromatic rings. The van der Waals surface area contributed by atoms with Crippen molar-refractivity contribution < 1.29 is 14.3 Å². The Kier molecular flexibility index (Phi) is 5.67. The fraction of sp³-hybridized carbons (Fsp3) is 0.400. The van der Waals surface area contributed by atoms with Crippen molar-refractivity contribution in [3.8, 4) is 0 Å². The fourth-order valence-electron chi connectivity index (χ4n) is 3.10. The van der Waals surface area contributed by atoms with Crippen molar-refractivity contribution in [1.29, 1.82) is 0 Å². The van der Waals surface area contributed by atoms with Crippen molar-refractivity contribution in [3.63, 3.8) is 0 Å². The first-order valence-corrected chi connectivity index (χ1v) is 8.47. The molecule has 0 aliphatic heterocycles. The van der Waals surface area contributed by atoms with Gasteiger partial charge in [-0.15, -0.1) is 0 Å². The lowest BCUT2D eigenvalue weighted by molar-refractivity contribution is 0.0599. The molecule has 0 aliphatic rings. The maximum absolute atomic E-state index is 12.7. The number of esters is 1. The first kappa shape index (κ1) is 18.8. The smallest absolute Gasteiger partial charge is 0.339 e. The molecule has 134 valence electrons. The number of H-pyrrole nitrogens is 1. The van der Waals surface area contributed by atoms with E-state index in [9.17, 15) is 9.59 Å². The van der Waals surface area contributed by atoms with Gasteiger partial charge in [0.05, 0.1) is 18.7 Å². The van der Waals surface area contributed by atoms with Gasteiger partial charge < -0.3 is 15.0 Å². The highest BCUT2D eigenvalue weighted by Gasteiger charge is 2.24. The minimum absolute atomic E-state index is 0.137. The van der Waals surface area contributed by atoms with Gasteiger partial charge in [0.2, 0.25) is 0 Å². The van der Waals surface area contributed by atoms with Gasteiger partial charge in [0.1, 0.15) is 5.69 Å². The van der Waals surface area contributed by atoms with Gasteiger partial charge >= 0.3 is 5.97 Å². The predicted octanol–water partition coefficient (Wildman–Crippen LogP) is 3.78. The highest BCUT2D eigenvalue weighted by atomic mass is 16.5. The predicted molar refractivity (Wildman–Crippen MR) is 98.0 cm³/mol. The average molecular weight is 342 g/mol. The van der Waals surface area contributed by atoms with Gasteiger partial charge in [-0.05, 0) is 50.8 Å². The molecule has 0 bridgehead atoms. The van der Waals surface area contributed by atoms with E-state index in [0.717, 1.165) is 16.7 Å². The summed E-state index contributed by atoms with van der Waals surface area (Å²) in [5.74, 6) is -0.650. The number of aromatic amines is 1. The molecule has 1 amide bonds. The number of nitrogens with one attached hydrogen (secondary N) is 2. The Bertz CT molecular complexity index is 806. The number of hydrogen-bond acceptors (Lipinski definition) is 3. The summed E-state index contributed by atoms with van der Waals surface area (Å²) in [7, 11) is 1.34. The van der Waals surface area contributed by atoms with Crippen LogP contribution in [-0.4, -0.2) is 24.0 Å². The quantitative estimate of drug-likeness (QED) is 0.812. The Morgan fingerprint density at radius 1 is 1.24 bits per heavy atom. The second-order valence-electron chi connectivity index (χ2n) is 6.38. The van der Waals surface area contributed by atoms with Crippen LogP contribution in [0.4, 0.5) is 0 Å². The SMILES string of the molecule is CCc1[nH]c(C(=O)NC(C)c2cc(C)ccc2C)c(C)c1C(=O)OC. The zero-order chi connectivity index (χ0) is 18.7. The maximum atomic E-state index is 12.7. The summed E-state index contributed by atoms with van der Waals surface area (Å²) >= 11 is 0. The van der Waals surface area contributed by atoms with Gasteiger partial charge in [0.25, 0.3) is 5.91 Å². The molecule has 1 aromatic carbocycles. The van der Waals surface area contributed by atoms with Gasteiger partial charge in [-0.1, -0.05) is 30.7 Å². The standard InChI is InChI=1S/C20H26N2O3/c1-7-16-17(20(24)25-6)13(4)18(22-16)19(23)21-14(5)15-10-11(2)8-9-12(15)3/h8-10,14,22H,7H2,1-6H3,(H,21,23). The molecule has 25 heavy (non-hydrogen) atoms. The van der Waals surface area contributed by atoms with Crippen molar-refractivity contribution in [2.75, 3.05) is 7.11 Å². The Morgan fingerprint density at radius 3 is 2.52 bits per heavy atom. The minimum atomic E-state index is -0.424. The zero-order valence-corrected chi connectivity index (χ0v) is 15.7. The average Bonchev–Trinajstić information content (AvgIpc) is 2.92. The highest BCUT2D eigenvalue weighted by Crippen LogP contribution is 2.23. The van der Waals surface area contributed by atoms with Crippen LogP contribution in [0.2, 0.25) is 0 Å². The van der Waals surface area contributed by atoms with E-state index >= 15 is 0 Å². The molecule has 5 heteroatoms. The fourth-order valence-corrected chi connectivity index (χ4v) is 3.10. The van der Waals surface area contributed by atoms with Crippen LogP contribution in [0.5, 0.6) is 0 Å². The molecule has 1 aromatic heterocycles. The summed E-state index contributed by atoms with van der Waals surface area (Å²) in [6.07, 6.45) is 0.616. The second-order valence-corrected chi connectivity index (χ2v) is 6.38. The first-order valence-electron chi connectivity index (χ1n) is 8.47. The number of carbonyl (C=O) groups excluding carboxylic acids is 2. The third kappa shape index (κ3) is 3.76. The number of aryl methyl sites for hydroxylation is 3. The van der Waals surface area contributed by atoms with E-state index in [0.29, 0.717) is 28.9 Å². The van der Waals surface area contributed by atoms with Crippen molar-refractivity contribution in [1.82, 2.24) is 10.3 Å². The van der Waals surface area contributed by atoms with Crippen molar-refractivity contribution in [2.45, 2.75) is 47.1 Å². The summed E-state index contributed by atoms with van der Waals surface area (Å²) in [6, 6.07) is 6.05. The summed E-state index contributed by atoms with van der Waals surface area (Å²) in [6.45, 7) is 9.71. The number of aromatic nitrogens is 1. The zero-order valence-electron chi connectivity index (χ0n) is 15.7. The molecule has 5 nitrogen and oxygen atoms in total. The van der Waals surface area contributed by atoms with E-state index in [1.165, 1.54) is 7.11 Å². The molecule has 0 spiro atoms. The molecule has 1 unspecified atom stereocenters. The number of benzene rings is 1. The van der Waals surface area contributed by atoms with Crippen LogP contribution >= 0.6 is 0 Å². The lowest BCUT2D eigenvalue weighted by atomic mass is 10.00. The van der Waals surface area contributed by atoms with Crippen LogP contribution in [0.25, 0.3) is 0 Å². The van der Waals surface area contributed by atoms with E-state index in [1.807, 2.05) is 27.7 Å². The number of rotatable bonds is 5. The van der Waals surface area contributed by atoms with Crippen LogP contribution in [0.3, 0.4) is 0 Å². The normalized spacial score (nSPS) is 11.9. The van der Waals surface area contributed by atoms with Crippen LogP contribution in [0, 0.1) is 20.8 Å². The van der Waals surface area contributed by atoms with E-state index in [2.05, 4.69) is 28.5 Å². The minimum Gasteiger partial charge on any atom is -0.465 e.